The van der Waals surface area contributed by atoms with Crippen molar-refractivity contribution in [3.63, 3.8) is 0 Å². The second kappa shape index (κ2) is 5.30. The van der Waals surface area contributed by atoms with Crippen LogP contribution < -0.4 is 5.73 Å². The Morgan fingerprint density at radius 1 is 1.50 bits per heavy atom. The summed E-state index contributed by atoms with van der Waals surface area (Å²) in [5.41, 5.74) is 6.83. The van der Waals surface area contributed by atoms with Crippen LogP contribution in [0.25, 0.3) is 0 Å². The molecule has 0 saturated carbocycles. The Morgan fingerprint density at radius 2 is 2.28 bits per heavy atom. The number of carbonyl (C=O) groups excluding carboxylic acids is 1. The van der Waals surface area contributed by atoms with E-state index in [1.807, 2.05) is 6.92 Å². The third kappa shape index (κ3) is 2.59. The van der Waals surface area contributed by atoms with Gasteiger partial charge in [0, 0.05) is 22.3 Å². The van der Waals surface area contributed by atoms with Crippen LogP contribution in [0.2, 0.25) is 0 Å². The number of Topliss-reactive ketones (excluding diaryl/α,β-unsaturated/α-hetero) is 1. The lowest BCUT2D eigenvalue weighted by atomic mass is 10.1. The Morgan fingerprint density at radius 3 is 3.00 bits per heavy atom. The second-order valence-electron chi connectivity index (χ2n) is 3.83. The number of nitrogen functional groups attached to an aromatic ring is 1. The van der Waals surface area contributed by atoms with Crippen LogP contribution in [-0.2, 0) is 13.0 Å². The minimum absolute atomic E-state index is 0.0307. The van der Waals surface area contributed by atoms with Gasteiger partial charge in [-0.05, 0) is 25.1 Å². The number of benzene rings is 1. The minimum Gasteiger partial charge on any atom is -0.399 e. The van der Waals surface area contributed by atoms with Gasteiger partial charge in [-0.2, -0.15) is 5.10 Å². The van der Waals surface area contributed by atoms with Crippen molar-refractivity contribution >= 4 is 27.4 Å². The first kappa shape index (κ1) is 12.8. The summed E-state index contributed by atoms with van der Waals surface area (Å²) in [6.07, 6.45) is 1.68. The van der Waals surface area contributed by atoms with Crippen molar-refractivity contribution in [1.82, 2.24) is 14.8 Å². The molecule has 0 bridgehead atoms. The molecule has 1 heterocycles. The number of anilines is 1. The largest absolute Gasteiger partial charge is 0.399 e. The molecule has 5 nitrogen and oxygen atoms in total. The van der Waals surface area contributed by atoms with Gasteiger partial charge < -0.3 is 5.73 Å². The second-order valence-corrected chi connectivity index (χ2v) is 4.69. The number of hydrogen-bond donors (Lipinski definition) is 1. The Hall–Kier alpha value is -1.69. The van der Waals surface area contributed by atoms with E-state index in [0.717, 1.165) is 4.47 Å². The molecule has 0 amide bonds. The molecule has 0 aliphatic rings. The fourth-order valence-corrected chi connectivity index (χ4v) is 2.15. The van der Waals surface area contributed by atoms with Gasteiger partial charge in [-0.1, -0.05) is 15.9 Å². The van der Waals surface area contributed by atoms with Crippen molar-refractivity contribution in [2.75, 3.05) is 5.73 Å². The predicted molar refractivity (Wildman–Crippen MR) is 72.3 cm³/mol. The van der Waals surface area contributed by atoms with Crippen LogP contribution in [0.4, 0.5) is 5.69 Å². The van der Waals surface area contributed by atoms with Crippen molar-refractivity contribution in [2.24, 2.45) is 0 Å². The van der Waals surface area contributed by atoms with Crippen molar-refractivity contribution in [1.29, 1.82) is 0 Å². The normalized spacial score (nSPS) is 10.6. The van der Waals surface area contributed by atoms with Gasteiger partial charge in [-0.15, -0.1) is 0 Å². The highest BCUT2D eigenvalue weighted by Crippen LogP contribution is 2.21. The van der Waals surface area contributed by atoms with E-state index >= 15 is 0 Å². The Kier molecular flexibility index (Phi) is 3.76. The molecule has 1 aromatic carbocycles. The van der Waals surface area contributed by atoms with Crippen LogP contribution in [-0.4, -0.2) is 20.5 Å². The standard InChI is InChI=1S/C12H13BrN4O/c1-2-17-12(15-7-16-17)6-11(18)9-5-8(14)3-4-10(9)13/h3-5,7H,2,6,14H2,1H3. The third-order valence-electron chi connectivity index (χ3n) is 2.60. The van der Waals surface area contributed by atoms with E-state index in [1.165, 1.54) is 6.33 Å². The number of carbonyl (C=O) groups is 1. The SMILES string of the molecule is CCn1ncnc1CC(=O)c1cc(N)ccc1Br. The monoisotopic (exact) mass is 308 g/mol. The maximum atomic E-state index is 12.2. The highest BCUT2D eigenvalue weighted by molar-refractivity contribution is 9.10. The van der Waals surface area contributed by atoms with Crippen LogP contribution >= 0.6 is 15.9 Å². The molecular weight excluding hydrogens is 296 g/mol. The van der Waals surface area contributed by atoms with Crippen molar-refractivity contribution < 1.29 is 4.79 Å². The summed E-state index contributed by atoms with van der Waals surface area (Å²) >= 11 is 3.35. The third-order valence-corrected chi connectivity index (χ3v) is 3.30. The highest BCUT2D eigenvalue weighted by atomic mass is 79.9. The molecule has 0 spiro atoms. The molecule has 0 saturated heterocycles. The Bertz CT molecular complexity index is 579. The molecule has 1 aromatic heterocycles. The summed E-state index contributed by atoms with van der Waals surface area (Å²) in [6, 6.07) is 5.18. The summed E-state index contributed by atoms with van der Waals surface area (Å²) in [5.74, 6) is 0.633. The van der Waals surface area contributed by atoms with E-state index in [-0.39, 0.29) is 12.2 Å². The number of halogens is 1. The van der Waals surface area contributed by atoms with Gasteiger partial charge in [-0.3, -0.25) is 4.79 Å². The van der Waals surface area contributed by atoms with Crippen LogP contribution in [0.15, 0.2) is 29.0 Å². The zero-order valence-corrected chi connectivity index (χ0v) is 11.5. The number of ketones is 1. The molecule has 0 radical (unpaired) electrons. The Labute approximate surface area is 113 Å². The zero-order valence-electron chi connectivity index (χ0n) is 9.93. The molecule has 0 unspecified atom stereocenters. The lowest BCUT2D eigenvalue weighted by Gasteiger charge is -2.05. The van der Waals surface area contributed by atoms with Crippen molar-refractivity contribution in [2.45, 2.75) is 19.9 Å². The van der Waals surface area contributed by atoms with Crippen LogP contribution in [0.5, 0.6) is 0 Å². The predicted octanol–water partition coefficient (Wildman–Crippen LogP) is 2.07. The maximum absolute atomic E-state index is 12.2. The number of rotatable bonds is 4. The number of nitrogens with two attached hydrogens (primary N) is 1. The summed E-state index contributed by atoms with van der Waals surface area (Å²) in [5, 5.41) is 4.04. The fourth-order valence-electron chi connectivity index (χ4n) is 1.68. The number of aryl methyl sites for hydroxylation is 1. The summed E-state index contributed by atoms with van der Waals surface area (Å²) in [4.78, 5) is 16.3. The smallest absolute Gasteiger partial charge is 0.171 e. The lowest BCUT2D eigenvalue weighted by Crippen LogP contribution is -2.11. The molecule has 6 heteroatoms. The van der Waals surface area contributed by atoms with Gasteiger partial charge in [0.2, 0.25) is 0 Å². The lowest BCUT2D eigenvalue weighted by molar-refractivity contribution is 0.0988. The van der Waals surface area contributed by atoms with Crippen molar-refractivity contribution in [3.8, 4) is 0 Å². The Balaban J connectivity index is 2.25. The topological polar surface area (TPSA) is 73.8 Å². The van der Waals surface area contributed by atoms with Crippen molar-refractivity contribution in [3.05, 3.63) is 40.4 Å². The van der Waals surface area contributed by atoms with Crippen LogP contribution in [0.1, 0.15) is 23.1 Å². The van der Waals surface area contributed by atoms with E-state index in [2.05, 4.69) is 26.0 Å². The van der Waals surface area contributed by atoms with Gasteiger partial charge in [0.1, 0.15) is 12.2 Å². The molecule has 18 heavy (non-hydrogen) atoms. The summed E-state index contributed by atoms with van der Waals surface area (Å²) in [6.45, 7) is 2.65. The zero-order chi connectivity index (χ0) is 13.1. The molecule has 94 valence electrons. The molecule has 0 aliphatic carbocycles. The van der Waals surface area contributed by atoms with Crippen LogP contribution in [0, 0.1) is 0 Å². The first-order valence-corrected chi connectivity index (χ1v) is 6.36. The molecule has 0 fully saturated rings. The molecule has 0 atom stereocenters. The fraction of sp³-hybridized carbons (Fsp3) is 0.250. The molecule has 2 aromatic rings. The number of hydrogen-bond acceptors (Lipinski definition) is 4. The first-order chi connectivity index (χ1) is 8.61. The molecule has 2 rings (SSSR count). The minimum atomic E-state index is -0.0307. The van der Waals surface area contributed by atoms with Crippen LogP contribution in [0.3, 0.4) is 0 Å². The maximum Gasteiger partial charge on any atom is 0.171 e. The van der Waals surface area contributed by atoms with E-state index in [9.17, 15) is 4.79 Å². The van der Waals surface area contributed by atoms with Gasteiger partial charge in [0.05, 0.1) is 6.42 Å². The van der Waals surface area contributed by atoms with Gasteiger partial charge in [0.25, 0.3) is 0 Å². The van der Waals surface area contributed by atoms with Gasteiger partial charge >= 0.3 is 0 Å². The summed E-state index contributed by atoms with van der Waals surface area (Å²) in [7, 11) is 0. The van der Waals surface area contributed by atoms with Gasteiger partial charge in [-0.25, -0.2) is 9.67 Å². The average molecular weight is 309 g/mol. The highest BCUT2D eigenvalue weighted by Gasteiger charge is 2.14. The van der Waals surface area contributed by atoms with Gasteiger partial charge in [0.15, 0.2) is 5.78 Å². The van der Waals surface area contributed by atoms with E-state index in [0.29, 0.717) is 23.6 Å². The van der Waals surface area contributed by atoms with E-state index < -0.39 is 0 Å². The summed E-state index contributed by atoms with van der Waals surface area (Å²) < 4.78 is 2.45. The molecule has 0 aliphatic heterocycles. The van der Waals surface area contributed by atoms with E-state index in [1.54, 1.807) is 22.9 Å². The molecule has 2 N–H and O–H groups in total. The quantitative estimate of drug-likeness (QED) is 0.693. The average Bonchev–Trinajstić information content (AvgIpc) is 2.79. The molecular formula is C12H13BrN4O. The number of nitrogens with zero attached hydrogens (tertiary/aromatic N) is 3. The first-order valence-electron chi connectivity index (χ1n) is 5.56. The van der Waals surface area contributed by atoms with E-state index in [4.69, 9.17) is 5.73 Å². The number of aromatic nitrogens is 3.